The largest absolute Gasteiger partial charge is 0.468 e. The number of piperidine rings is 1. The smallest absolute Gasteiger partial charge is 0.223 e. The molecular formula is C20H25BrN2O4S2. The number of hydrogen-bond acceptors (Lipinski definition) is 5. The van der Waals surface area contributed by atoms with Gasteiger partial charge < -0.3 is 9.73 Å². The lowest BCUT2D eigenvalue weighted by Gasteiger charge is -2.30. The minimum Gasteiger partial charge on any atom is -0.468 e. The van der Waals surface area contributed by atoms with E-state index in [-0.39, 0.29) is 17.6 Å². The van der Waals surface area contributed by atoms with Crippen LogP contribution in [-0.2, 0) is 26.3 Å². The maximum Gasteiger partial charge on any atom is 0.223 e. The fraction of sp³-hybridized carbons (Fsp3) is 0.450. The van der Waals surface area contributed by atoms with Crippen LogP contribution in [0.15, 0.2) is 51.6 Å². The van der Waals surface area contributed by atoms with E-state index in [4.69, 9.17) is 4.42 Å². The monoisotopic (exact) mass is 500 g/mol. The minimum absolute atomic E-state index is 0.00989. The van der Waals surface area contributed by atoms with E-state index in [1.807, 2.05) is 36.4 Å². The van der Waals surface area contributed by atoms with Gasteiger partial charge in [0, 0.05) is 35.8 Å². The summed E-state index contributed by atoms with van der Waals surface area (Å²) in [6, 6.07) is 11.1. The van der Waals surface area contributed by atoms with Crippen LogP contribution < -0.4 is 5.32 Å². The first-order valence-electron chi connectivity index (χ1n) is 9.54. The van der Waals surface area contributed by atoms with Gasteiger partial charge in [-0.1, -0.05) is 28.1 Å². The summed E-state index contributed by atoms with van der Waals surface area (Å²) in [4.78, 5) is 12.4. The van der Waals surface area contributed by atoms with Gasteiger partial charge in [0.2, 0.25) is 15.9 Å². The molecule has 1 aliphatic rings. The average Bonchev–Trinajstić information content (AvgIpc) is 3.23. The molecule has 6 nitrogen and oxygen atoms in total. The zero-order valence-corrected chi connectivity index (χ0v) is 19.3. The van der Waals surface area contributed by atoms with Gasteiger partial charge in [-0.15, -0.1) is 0 Å². The van der Waals surface area contributed by atoms with Crippen molar-refractivity contribution in [2.45, 2.75) is 24.3 Å². The Kier molecular flexibility index (Phi) is 8.23. The number of rotatable bonds is 9. The zero-order chi connectivity index (χ0) is 20.7. The van der Waals surface area contributed by atoms with Crippen molar-refractivity contribution in [3.63, 3.8) is 0 Å². The summed E-state index contributed by atoms with van der Waals surface area (Å²) in [5.74, 6) is 2.42. The van der Waals surface area contributed by atoms with Gasteiger partial charge in [-0.2, -0.15) is 11.8 Å². The third kappa shape index (κ3) is 6.87. The third-order valence-electron chi connectivity index (χ3n) is 4.85. The number of carbonyl (C=O) groups is 1. The number of hydrogen-bond donors (Lipinski definition) is 1. The second kappa shape index (κ2) is 10.7. The predicted molar refractivity (Wildman–Crippen MR) is 119 cm³/mol. The molecule has 9 heteroatoms. The summed E-state index contributed by atoms with van der Waals surface area (Å²) >= 11 is 5.06. The number of carbonyl (C=O) groups excluding carboxylic acids is 1. The van der Waals surface area contributed by atoms with E-state index in [1.165, 1.54) is 4.31 Å². The first kappa shape index (κ1) is 22.4. The lowest BCUT2D eigenvalue weighted by atomic mass is 9.97. The molecule has 0 unspecified atom stereocenters. The highest BCUT2D eigenvalue weighted by Crippen LogP contribution is 2.22. The Labute approximate surface area is 184 Å². The highest BCUT2D eigenvalue weighted by Gasteiger charge is 2.31. The van der Waals surface area contributed by atoms with Gasteiger partial charge in [0.15, 0.2) is 0 Å². The average molecular weight is 501 g/mol. The highest BCUT2D eigenvalue weighted by molar-refractivity contribution is 9.10. The van der Waals surface area contributed by atoms with E-state index >= 15 is 0 Å². The fourth-order valence-corrected chi connectivity index (χ4v) is 5.82. The normalized spacial score (nSPS) is 16.0. The van der Waals surface area contributed by atoms with Crippen LogP contribution in [0.2, 0.25) is 0 Å². The zero-order valence-electron chi connectivity index (χ0n) is 16.1. The molecule has 158 valence electrons. The van der Waals surface area contributed by atoms with Gasteiger partial charge in [-0.3, -0.25) is 4.79 Å². The quantitative estimate of drug-likeness (QED) is 0.531. The number of thioether (sulfide) groups is 1. The molecule has 1 aromatic carbocycles. The number of amides is 1. The van der Waals surface area contributed by atoms with Crippen LogP contribution in [0.4, 0.5) is 0 Å². The maximum atomic E-state index is 12.7. The summed E-state index contributed by atoms with van der Waals surface area (Å²) in [6.45, 7) is 1.39. The first-order chi connectivity index (χ1) is 13.9. The second-order valence-corrected chi connectivity index (χ2v) is 11.0. The maximum absolute atomic E-state index is 12.7. The van der Waals surface area contributed by atoms with Gasteiger partial charge in [-0.05, 0) is 42.7 Å². The van der Waals surface area contributed by atoms with Gasteiger partial charge in [0.25, 0.3) is 0 Å². The van der Waals surface area contributed by atoms with Crippen molar-refractivity contribution in [3.8, 4) is 0 Å². The molecule has 0 spiro atoms. The number of benzene rings is 1. The number of nitrogens with zero attached hydrogens (tertiary/aromatic N) is 1. The van der Waals surface area contributed by atoms with Crippen LogP contribution in [0.3, 0.4) is 0 Å². The predicted octanol–water partition coefficient (Wildman–Crippen LogP) is 3.63. The molecule has 2 aromatic rings. The topological polar surface area (TPSA) is 79.6 Å². The van der Waals surface area contributed by atoms with Gasteiger partial charge in [0.1, 0.15) is 5.76 Å². The summed E-state index contributed by atoms with van der Waals surface area (Å²) < 4.78 is 33.0. The van der Waals surface area contributed by atoms with Crippen molar-refractivity contribution in [2.24, 2.45) is 5.92 Å². The molecule has 0 aliphatic carbocycles. The molecule has 1 aromatic heterocycles. The molecular weight excluding hydrogens is 476 g/mol. The Morgan fingerprint density at radius 1 is 1.21 bits per heavy atom. The van der Waals surface area contributed by atoms with Crippen molar-refractivity contribution >= 4 is 43.6 Å². The molecule has 2 heterocycles. The second-order valence-electron chi connectivity index (χ2n) is 6.98. The molecule has 29 heavy (non-hydrogen) atoms. The first-order valence-corrected chi connectivity index (χ1v) is 13.1. The Morgan fingerprint density at radius 2 is 1.93 bits per heavy atom. The molecule has 1 aliphatic heterocycles. The summed E-state index contributed by atoms with van der Waals surface area (Å²) in [7, 11) is -3.37. The van der Waals surface area contributed by atoms with Crippen molar-refractivity contribution < 1.29 is 17.6 Å². The van der Waals surface area contributed by atoms with Crippen molar-refractivity contribution in [1.29, 1.82) is 0 Å². The third-order valence-corrected chi connectivity index (χ3v) is 8.21. The molecule has 1 amide bonds. The minimum atomic E-state index is -3.37. The van der Waals surface area contributed by atoms with Crippen LogP contribution in [0.5, 0.6) is 0 Å². The van der Waals surface area contributed by atoms with E-state index in [2.05, 4.69) is 21.2 Å². The standard InChI is InChI=1S/C20H25BrN2O4S2/c21-18-5-3-16(4-6-18)15-29(25,26)23-10-7-17(8-11-23)20(24)22-9-13-28-14-19-2-1-12-27-19/h1-6,12,17H,7-11,13-15H2,(H,22,24). The van der Waals surface area contributed by atoms with Crippen molar-refractivity contribution in [2.75, 3.05) is 25.4 Å². The Balaban J connectivity index is 1.37. The lowest BCUT2D eigenvalue weighted by Crippen LogP contribution is -2.43. The number of sulfonamides is 1. The van der Waals surface area contributed by atoms with E-state index in [1.54, 1.807) is 18.0 Å². The van der Waals surface area contributed by atoms with Crippen LogP contribution in [0, 0.1) is 5.92 Å². The van der Waals surface area contributed by atoms with Crippen LogP contribution in [-0.4, -0.2) is 44.0 Å². The van der Waals surface area contributed by atoms with Crippen LogP contribution in [0.25, 0.3) is 0 Å². The van der Waals surface area contributed by atoms with Gasteiger partial charge >= 0.3 is 0 Å². The Morgan fingerprint density at radius 3 is 2.59 bits per heavy atom. The molecule has 0 bridgehead atoms. The van der Waals surface area contributed by atoms with Crippen LogP contribution in [0.1, 0.15) is 24.2 Å². The Hall–Kier alpha value is -1.29. The molecule has 0 atom stereocenters. The van der Waals surface area contributed by atoms with Crippen LogP contribution >= 0.6 is 27.7 Å². The molecule has 1 fully saturated rings. The molecule has 1 N–H and O–H groups in total. The lowest BCUT2D eigenvalue weighted by molar-refractivity contribution is -0.125. The van der Waals surface area contributed by atoms with E-state index < -0.39 is 10.0 Å². The summed E-state index contributed by atoms with van der Waals surface area (Å²) in [6.07, 6.45) is 2.78. The molecule has 1 saturated heterocycles. The van der Waals surface area contributed by atoms with E-state index in [0.29, 0.717) is 32.5 Å². The van der Waals surface area contributed by atoms with E-state index in [0.717, 1.165) is 27.3 Å². The number of nitrogens with one attached hydrogen (secondary N) is 1. The van der Waals surface area contributed by atoms with Crippen molar-refractivity contribution in [3.05, 3.63) is 58.5 Å². The number of halogens is 1. The SMILES string of the molecule is O=C(NCCSCc1ccco1)C1CCN(S(=O)(=O)Cc2ccc(Br)cc2)CC1. The number of furan rings is 1. The molecule has 3 rings (SSSR count). The van der Waals surface area contributed by atoms with E-state index in [9.17, 15) is 13.2 Å². The molecule has 0 radical (unpaired) electrons. The van der Waals surface area contributed by atoms with Gasteiger partial charge in [-0.25, -0.2) is 12.7 Å². The Bertz CT molecular complexity index is 878. The highest BCUT2D eigenvalue weighted by atomic mass is 79.9. The fourth-order valence-electron chi connectivity index (χ4n) is 3.24. The summed E-state index contributed by atoms with van der Waals surface area (Å²) in [5.41, 5.74) is 0.764. The summed E-state index contributed by atoms with van der Waals surface area (Å²) in [5, 5.41) is 2.97. The molecule has 0 saturated carbocycles. The van der Waals surface area contributed by atoms with Crippen molar-refractivity contribution in [1.82, 2.24) is 9.62 Å². The van der Waals surface area contributed by atoms with Gasteiger partial charge in [0.05, 0.1) is 17.8 Å².